The van der Waals surface area contributed by atoms with Crippen LogP contribution in [0.15, 0.2) is 16.6 Å². The van der Waals surface area contributed by atoms with Gasteiger partial charge in [0.05, 0.1) is 11.3 Å². The molecule has 0 saturated carbocycles. The molecule has 1 amide bonds. The number of carboxylic acids is 1. The second-order valence-corrected chi connectivity index (χ2v) is 3.65. The highest BCUT2D eigenvalue weighted by atomic mass is 79.9. The van der Waals surface area contributed by atoms with Crippen molar-refractivity contribution in [2.24, 2.45) is 0 Å². The number of benzene rings is 1. The molecule has 1 rings (SSSR count). The molecule has 0 unspecified atom stereocenters. The minimum Gasteiger partial charge on any atom is -0.478 e. The van der Waals surface area contributed by atoms with E-state index in [1.807, 2.05) is 0 Å². The van der Waals surface area contributed by atoms with Crippen LogP contribution in [0.25, 0.3) is 0 Å². The molecule has 0 aliphatic heterocycles. The Morgan fingerprint density at radius 1 is 1.47 bits per heavy atom. The standard InChI is InChI=1S/C9H7BrFNO3/c1-4(13)12-8-2-5(9(14)15)7(11)3-6(8)10/h2-3H,1H3,(H,12,13)(H,14,15). The molecule has 1 aromatic carbocycles. The summed E-state index contributed by atoms with van der Waals surface area (Å²) in [5, 5.41) is 11.0. The highest BCUT2D eigenvalue weighted by Crippen LogP contribution is 2.26. The van der Waals surface area contributed by atoms with Crippen LogP contribution in [0.4, 0.5) is 10.1 Å². The molecule has 0 atom stereocenters. The van der Waals surface area contributed by atoms with E-state index >= 15 is 0 Å². The predicted molar refractivity (Wildman–Crippen MR) is 55.4 cm³/mol. The van der Waals surface area contributed by atoms with Crippen LogP contribution in [0.2, 0.25) is 0 Å². The first-order valence-electron chi connectivity index (χ1n) is 3.91. The molecule has 80 valence electrons. The number of hydrogen-bond donors (Lipinski definition) is 2. The molecule has 0 radical (unpaired) electrons. The van der Waals surface area contributed by atoms with Crippen LogP contribution in [0.1, 0.15) is 17.3 Å². The number of carbonyl (C=O) groups is 2. The summed E-state index contributed by atoms with van der Waals surface area (Å²) in [6, 6.07) is 2.05. The molecule has 0 aliphatic rings. The van der Waals surface area contributed by atoms with Crippen LogP contribution in [-0.4, -0.2) is 17.0 Å². The van der Waals surface area contributed by atoms with E-state index in [0.29, 0.717) is 4.47 Å². The molecule has 6 heteroatoms. The SMILES string of the molecule is CC(=O)Nc1cc(C(=O)O)c(F)cc1Br. The summed E-state index contributed by atoms with van der Waals surface area (Å²) in [5.74, 6) is -2.60. The Kier molecular flexibility index (Phi) is 3.41. The van der Waals surface area contributed by atoms with Gasteiger partial charge in [-0.25, -0.2) is 9.18 Å². The number of rotatable bonds is 2. The lowest BCUT2D eigenvalue weighted by atomic mass is 10.2. The molecular formula is C9H7BrFNO3. The van der Waals surface area contributed by atoms with Crippen molar-refractivity contribution in [1.82, 2.24) is 0 Å². The van der Waals surface area contributed by atoms with E-state index < -0.39 is 17.3 Å². The summed E-state index contributed by atoms with van der Waals surface area (Å²) in [5.41, 5.74) is -0.261. The second kappa shape index (κ2) is 4.39. The van der Waals surface area contributed by atoms with Crippen molar-refractivity contribution in [3.63, 3.8) is 0 Å². The number of halogens is 2. The topological polar surface area (TPSA) is 66.4 Å². The fourth-order valence-corrected chi connectivity index (χ4v) is 1.41. The lowest BCUT2D eigenvalue weighted by molar-refractivity contribution is -0.114. The van der Waals surface area contributed by atoms with E-state index in [1.165, 1.54) is 6.92 Å². The lowest BCUT2D eigenvalue weighted by Crippen LogP contribution is -2.09. The summed E-state index contributed by atoms with van der Waals surface area (Å²) < 4.78 is 13.4. The fourth-order valence-electron chi connectivity index (χ4n) is 0.998. The van der Waals surface area contributed by atoms with Crippen molar-refractivity contribution in [3.05, 3.63) is 28.0 Å². The van der Waals surface area contributed by atoms with Crippen molar-refractivity contribution in [1.29, 1.82) is 0 Å². The normalized spacial score (nSPS) is 9.80. The highest BCUT2D eigenvalue weighted by molar-refractivity contribution is 9.10. The maximum absolute atomic E-state index is 13.1. The minimum atomic E-state index is -1.38. The monoisotopic (exact) mass is 275 g/mol. The predicted octanol–water partition coefficient (Wildman–Crippen LogP) is 2.24. The Bertz CT molecular complexity index is 434. The van der Waals surface area contributed by atoms with Gasteiger partial charge in [-0.2, -0.15) is 0 Å². The minimum absolute atomic E-state index is 0.223. The quantitative estimate of drug-likeness (QED) is 0.870. The Morgan fingerprint density at radius 2 is 2.07 bits per heavy atom. The van der Waals surface area contributed by atoms with Crippen molar-refractivity contribution >= 4 is 33.5 Å². The fraction of sp³-hybridized carbons (Fsp3) is 0.111. The average Bonchev–Trinajstić information content (AvgIpc) is 2.08. The van der Waals surface area contributed by atoms with Crippen LogP contribution in [0.3, 0.4) is 0 Å². The zero-order valence-electron chi connectivity index (χ0n) is 7.67. The van der Waals surface area contributed by atoms with E-state index in [4.69, 9.17) is 5.11 Å². The molecule has 0 bridgehead atoms. The first kappa shape index (κ1) is 11.6. The molecule has 1 aromatic rings. The number of amides is 1. The zero-order chi connectivity index (χ0) is 11.6. The molecule has 0 aliphatic carbocycles. The number of carbonyl (C=O) groups excluding carboxylic acids is 1. The Morgan fingerprint density at radius 3 is 2.53 bits per heavy atom. The summed E-state index contributed by atoms with van der Waals surface area (Å²) in [6.45, 7) is 1.27. The smallest absolute Gasteiger partial charge is 0.338 e. The summed E-state index contributed by atoms with van der Waals surface area (Å²) >= 11 is 3.01. The van der Waals surface area contributed by atoms with E-state index in [9.17, 15) is 14.0 Å². The van der Waals surface area contributed by atoms with Crippen LogP contribution < -0.4 is 5.32 Å². The first-order chi connectivity index (χ1) is 6.91. The molecule has 0 saturated heterocycles. The highest BCUT2D eigenvalue weighted by Gasteiger charge is 2.14. The number of aromatic carboxylic acids is 1. The molecule has 4 nitrogen and oxygen atoms in total. The van der Waals surface area contributed by atoms with Gasteiger partial charge in [-0.1, -0.05) is 0 Å². The van der Waals surface area contributed by atoms with Crippen molar-refractivity contribution in [2.75, 3.05) is 5.32 Å². The van der Waals surface area contributed by atoms with Gasteiger partial charge in [0.25, 0.3) is 0 Å². The van der Waals surface area contributed by atoms with Crippen LogP contribution in [0.5, 0.6) is 0 Å². The van der Waals surface area contributed by atoms with Gasteiger partial charge >= 0.3 is 5.97 Å². The van der Waals surface area contributed by atoms with E-state index in [0.717, 1.165) is 12.1 Å². The van der Waals surface area contributed by atoms with Gasteiger partial charge in [0.1, 0.15) is 5.82 Å². The third-order valence-corrected chi connectivity index (χ3v) is 2.25. The van der Waals surface area contributed by atoms with Crippen LogP contribution in [-0.2, 0) is 4.79 Å². The number of hydrogen-bond acceptors (Lipinski definition) is 2. The Hall–Kier alpha value is -1.43. The second-order valence-electron chi connectivity index (χ2n) is 2.80. The van der Waals surface area contributed by atoms with Gasteiger partial charge in [-0.3, -0.25) is 4.79 Å². The Labute approximate surface area is 93.2 Å². The van der Waals surface area contributed by atoms with Gasteiger partial charge in [-0.15, -0.1) is 0 Å². The summed E-state index contributed by atoms with van der Waals surface area (Å²) in [7, 11) is 0. The Balaban J connectivity index is 3.23. The third kappa shape index (κ3) is 2.76. The molecular weight excluding hydrogens is 269 g/mol. The van der Waals surface area contributed by atoms with Gasteiger partial charge in [-0.05, 0) is 28.1 Å². The number of carboxylic acid groups (broad SMARTS) is 1. The molecule has 2 N–H and O–H groups in total. The van der Waals surface area contributed by atoms with Gasteiger partial charge in [0.2, 0.25) is 5.91 Å². The zero-order valence-corrected chi connectivity index (χ0v) is 9.26. The van der Waals surface area contributed by atoms with Crippen molar-refractivity contribution in [2.45, 2.75) is 6.92 Å². The largest absolute Gasteiger partial charge is 0.478 e. The average molecular weight is 276 g/mol. The first-order valence-corrected chi connectivity index (χ1v) is 4.71. The molecule has 0 heterocycles. The van der Waals surface area contributed by atoms with E-state index in [1.54, 1.807) is 0 Å². The molecule has 0 spiro atoms. The number of anilines is 1. The van der Waals surface area contributed by atoms with Crippen molar-refractivity contribution < 1.29 is 19.1 Å². The molecule has 15 heavy (non-hydrogen) atoms. The van der Waals surface area contributed by atoms with E-state index in [-0.39, 0.29) is 11.6 Å². The maximum Gasteiger partial charge on any atom is 0.338 e. The van der Waals surface area contributed by atoms with Crippen molar-refractivity contribution in [3.8, 4) is 0 Å². The van der Waals surface area contributed by atoms with Crippen LogP contribution >= 0.6 is 15.9 Å². The molecule has 0 aromatic heterocycles. The van der Waals surface area contributed by atoms with Crippen LogP contribution in [0, 0.1) is 5.82 Å². The third-order valence-electron chi connectivity index (χ3n) is 1.60. The van der Waals surface area contributed by atoms with Gasteiger partial charge in [0, 0.05) is 11.4 Å². The lowest BCUT2D eigenvalue weighted by Gasteiger charge is -2.07. The number of nitrogens with one attached hydrogen (secondary N) is 1. The van der Waals surface area contributed by atoms with Gasteiger partial charge in [0.15, 0.2) is 0 Å². The van der Waals surface area contributed by atoms with Gasteiger partial charge < -0.3 is 10.4 Å². The van der Waals surface area contributed by atoms with E-state index in [2.05, 4.69) is 21.2 Å². The summed E-state index contributed by atoms with van der Waals surface area (Å²) in [6.07, 6.45) is 0. The maximum atomic E-state index is 13.1. The summed E-state index contributed by atoms with van der Waals surface area (Å²) in [4.78, 5) is 21.4. The molecule has 0 fully saturated rings.